The molecule has 7 heteroatoms. The summed E-state index contributed by atoms with van der Waals surface area (Å²) in [6.45, 7) is 7.64. The molecule has 7 nitrogen and oxygen atoms in total. The Morgan fingerprint density at radius 1 is 0.491 bits per heavy atom. The van der Waals surface area contributed by atoms with Crippen molar-refractivity contribution in [1.82, 2.24) is 0 Å². The number of hydrogen-bond acceptors (Lipinski definition) is 7. The Morgan fingerprint density at radius 3 is 1.36 bits per heavy atom. The molecule has 0 fully saturated rings. The molecule has 0 radical (unpaired) electrons. The van der Waals surface area contributed by atoms with Gasteiger partial charge in [0.15, 0.2) is 6.29 Å². The van der Waals surface area contributed by atoms with Gasteiger partial charge in [0.05, 0.1) is 45.4 Å². The van der Waals surface area contributed by atoms with Crippen LogP contribution in [0.4, 0.5) is 0 Å². The fraction of sp³-hybridized carbons (Fsp3) is 0.783. The summed E-state index contributed by atoms with van der Waals surface area (Å²) in [6, 6.07) is 0. The molecule has 0 aromatic carbocycles. The summed E-state index contributed by atoms with van der Waals surface area (Å²) in [7, 11) is 0. The average Bonchev–Trinajstić information content (AvgIpc) is 3.16. The van der Waals surface area contributed by atoms with Crippen LogP contribution in [0.2, 0.25) is 0 Å². The molecule has 0 amide bonds. The van der Waals surface area contributed by atoms with Crippen LogP contribution in [-0.4, -0.2) is 56.4 Å². The van der Waals surface area contributed by atoms with Crippen molar-refractivity contribution in [3.05, 3.63) is 48.6 Å². The molecule has 308 valence electrons. The molecule has 0 aliphatic heterocycles. The normalized spacial score (nSPS) is 12.7. The summed E-state index contributed by atoms with van der Waals surface area (Å²) in [5, 5.41) is 9.77. The standard InChI is InChI=1S/C46H82O7/c1-4-7-10-13-16-19-20-21-22-23-24-25-26-29-32-35-44(48)52-41-43(40-47)42-53-45(49)36-37-46(50-38-33-30-27-17-14-11-8-5-2)51-39-34-31-28-18-15-12-9-6-3/h16-19,21-22,27-28,43,46-47H,4-15,20,23-26,29-42H2,1-3H3/b19-16-,22-21-,27-17-,28-18-. The summed E-state index contributed by atoms with van der Waals surface area (Å²) in [4.78, 5) is 24.8. The third-order valence-electron chi connectivity index (χ3n) is 9.05. The quantitative estimate of drug-likeness (QED) is 0.0289. The number of carbonyl (C=O) groups is 2. The molecule has 0 heterocycles. The lowest BCUT2D eigenvalue weighted by atomic mass is 10.1. The maximum atomic E-state index is 12.6. The summed E-state index contributed by atoms with van der Waals surface area (Å²) in [5.41, 5.74) is 0. The van der Waals surface area contributed by atoms with Gasteiger partial charge in [0.2, 0.25) is 0 Å². The monoisotopic (exact) mass is 747 g/mol. The van der Waals surface area contributed by atoms with Crippen molar-refractivity contribution in [3.63, 3.8) is 0 Å². The van der Waals surface area contributed by atoms with Crippen molar-refractivity contribution in [2.45, 2.75) is 194 Å². The lowest BCUT2D eigenvalue weighted by Gasteiger charge is -2.19. The molecule has 0 aromatic rings. The molecule has 0 aliphatic carbocycles. The van der Waals surface area contributed by atoms with Gasteiger partial charge in [-0.3, -0.25) is 9.59 Å². The van der Waals surface area contributed by atoms with Crippen LogP contribution in [0.1, 0.15) is 188 Å². The van der Waals surface area contributed by atoms with E-state index < -0.39 is 12.2 Å². The van der Waals surface area contributed by atoms with E-state index >= 15 is 0 Å². The maximum Gasteiger partial charge on any atom is 0.305 e. The van der Waals surface area contributed by atoms with E-state index in [1.807, 2.05) is 0 Å². The summed E-state index contributed by atoms with van der Waals surface area (Å²) >= 11 is 0. The molecule has 0 saturated heterocycles. The molecule has 0 rings (SSSR count). The second-order valence-electron chi connectivity index (χ2n) is 14.3. The van der Waals surface area contributed by atoms with Crippen LogP contribution in [0.5, 0.6) is 0 Å². The lowest BCUT2D eigenvalue weighted by Crippen LogP contribution is -2.25. The predicted octanol–water partition coefficient (Wildman–Crippen LogP) is 12.5. The average molecular weight is 747 g/mol. The van der Waals surface area contributed by atoms with Crippen molar-refractivity contribution in [2.75, 3.05) is 33.0 Å². The van der Waals surface area contributed by atoms with Gasteiger partial charge in [-0.2, -0.15) is 0 Å². The van der Waals surface area contributed by atoms with Crippen molar-refractivity contribution in [1.29, 1.82) is 0 Å². The van der Waals surface area contributed by atoms with Crippen LogP contribution in [0.3, 0.4) is 0 Å². The molecule has 0 bridgehead atoms. The van der Waals surface area contributed by atoms with Gasteiger partial charge in [-0.1, -0.05) is 127 Å². The molecule has 0 spiro atoms. The molecule has 53 heavy (non-hydrogen) atoms. The van der Waals surface area contributed by atoms with Crippen LogP contribution in [-0.2, 0) is 28.5 Å². The Morgan fingerprint density at radius 2 is 0.887 bits per heavy atom. The second-order valence-corrected chi connectivity index (χ2v) is 14.3. The van der Waals surface area contributed by atoms with E-state index in [0.717, 1.165) is 77.0 Å². The topological polar surface area (TPSA) is 91.3 Å². The number of aliphatic hydroxyl groups excluding tert-OH is 1. The van der Waals surface area contributed by atoms with Crippen LogP contribution in [0.25, 0.3) is 0 Å². The van der Waals surface area contributed by atoms with E-state index in [0.29, 0.717) is 26.1 Å². The van der Waals surface area contributed by atoms with Crippen LogP contribution in [0.15, 0.2) is 48.6 Å². The fourth-order valence-corrected chi connectivity index (χ4v) is 5.58. The predicted molar refractivity (Wildman–Crippen MR) is 222 cm³/mol. The molecule has 0 saturated carbocycles. The molecule has 0 aliphatic rings. The number of rotatable bonds is 40. The highest BCUT2D eigenvalue weighted by molar-refractivity contribution is 5.69. The van der Waals surface area contributed by atoms with Gasteiger partial charge < -0.3 is 24.1 Å². The number of ether oxygens (including phenoxy) is 4. The van der Waals surface area contributed by atoms with Gasteiger partial charge in [-0.05, 0) is 89.9 Å². The van der Waals surface area contributed by atoms with Gasteiger partial charge in [-0.25, -0.2) is 0 Å². The fourth-order valence-electron chi connectivity index (χ4n) is 5.58. The Balaban J connectivity index is 4.25. The Hall–Kier alpha value is -2.22. The lowest BCUT2D eigenvalue weighted by molar-refractivity contribution is -0.161. The first kappa shape index (κ1) is 50.8. The zero-order valence-electron chi connectivity index (χ0n) is 34.6. The van der Waals surface area contributed by atoms with Gasteiger partial charge in [0, 0.05) is 12.8 Å². The highest BCUT2D eigenvalue weighted by Crippen LogP contribution is 2.12. The molecule has 1 N–H and O–H groups in total. The zero-order chi connectivity index (χ0) is 38.7. The van der Waals surface area contributed by atoms with Crippen molar-refractivity contribution in [3.8, 4) is 0 Å². The maximum absolute atomic E-state index is 12.6. The second kappa shape index (κ2) is 42.5. The first-order valence-electron chi connectivity index (χ1n) is 21.8. The highest BCUT2D eigenvalue weighted by atomic mass is 16.7. The number of allylic oxidation sites excluding steroid dienone is 8. The number of carbonyl (C=O) groups excluding carboxylic acids is 2. The van der Waals surface area contributed by atoms with Crippen molar-refractivity contribution >= 4 is 11.9 Å². The molecule has 1 unspecified atom stereocenters. The minimum absolute atomic E-state index is 0.00781. The number of hydrogen-bond donors (Lipinski definition) is 1. The number of unbranched alkanes of at least 4 members (excludes halogenated alkanes) is 16. The van der Waals surface area contributed by atoms with E-state index in [-0.39, 0.29) is 38.2 Å². The Labute approximate surface area is 326 Å². The zero-order valence-corrected chi connectivity index (χ0v) is 34.6. The van der Waals surface area contributed by atoms with Crippen LogP contribution in [0, 0.1) is 5.92 Å². The van der Waals surface area contributed by atoms with Gasteiger partial charge >= 0.3 is 11.9 Å². The van der Waals surface area contributed by atoms with Crippen molar-refractivity contribution < 1.29 is 33.6 Å². The molecular weight excluding hydrogens is 664 g/mol. The number of esters is 2. The van der Waals surface area contributed by atoms with Gasteiger partial charge in [-0.15, -0.1) is 0 Å². The third kappa shape index (κ3) is 39.3. The molecule has 0 aromatic heterocycles. The third-order valence-corrected chi connectivity index (χ3v) is 9.05. The van der Waals surface area contributed by atoms with Crippen LogP contribution < -0.4 is 0 Å². The van der Waals surface area contributed by atoms with E-state index in [9.17, 15) is 14.7 Å². The minimum atomic E-state index is -0.464. The Kier molecular flexibility index (Phi) is 40.7. The van der Waals surface area contributed by atoms with Crippen molar-refractivity contribution in [2.24, 2.45) is 5.92 Å². The van der Waals surface area contributed by atoms with Gasteiger partial charge in [0.25, 0.3) is 0 Å². The minimum Gasteiger partial charge on any atom is -0.465 e. The summed E-state index contributed by atoms with van der Waals surface area (Å²) < 4.78 is 22.9. The van der Waals surface area contributed by atoms with E-state index in [1.54, 1.807) is 0 Å². The van der Waals surface area contributed by atoms with E-state index in [2.05, 4.69) is 69.4 Å². The first-order chi connectivity index (χ1) is 26.1. The largest absolute Gasteiger partial charge is 0.465 e. The van der Waals surface area contributed by atoms with Gasteiger partial charge in [0.1, 0.15) is 0 Å². The molecule has 1 atom stereocenters. The summed E-state index contributed by atoms with van der Waals surface area (Å²) in [6.07, 6.45) is 44.5. The smallest absolute Gasteiger partial charge is 0.305 e. The van der Waals surface area contributed by atoms with E-state index in [1.165, 1.54) is 70.6 Å². The SMILES string of the molecule is CCCCC/C=C\C/C=C\CCCCCCCC(=O)OCC(CO)COC(=O)CCC(OCCC/C=C\CCCCC)OCCC/C=C\CCCCC. The first-order valence-corrected chi connectivity index (χ1v) is 21.8. The summed E-state index contributed by atoms with van der Waals surface area (Å²) in [5.74, 6) is -1.08. The van der Waals surface area contributed by atoms with E-state index in [4.69, 9.17) is 18.9 Å². The molecular formula is C46H82O7. The highest BCUT2D eigenvalue weighted by Gasteiger charge is 2.17. The number of aliphatic hydroxyl groups is 1. The Bertz CT molecular complexity index is 882. The van der Waals surface area contributed by atoms with Crippen LogP contribution >= 0.6 is 0 Å².